The van der Waals surface area contributed by atoms with E-state index in [9.17, 15) is 18.8 Å². The maximum absolute atomic E-state index is 14.0. The summed E-state index contributed by atoms with van der Waals surface area (Å²) in [4.78, 5) is 44.1. The summed E-state index contributed by atoms with van der Waals surface area (Å²) >= 11 is 0. The number of likely N-dealkylation sites (tertiary alicyclic amines) is 1. The van der Waals surface area contributed by atoms with Gasteiger partial charge in [-0.1, -0.05) is 38.8 Å². The molecule has 0 aliphatic carbocycles. The number of hydrogen-bond acceptors (Lipinski definition) is 4. The smallest absolute Gasteiger partial charge is 0.254 e. The highest BCUT2D eigenvalue weighted by atomic mass is 19.1. The first-order valence-electron chi connectivity index (χ1n) is 11.7. The fourth-order valence-corrected chi connectivity index (χ4v) is 4.31. The number of halogens is 1. The summed E-state index contributed by atoms with van der Waals surface area (Å²) in [6, 6.07) is 5.03. The minimum atomic E-state index is -0.729. The van der Waals surface area contributed by atoms with Crippen LogP contribution in [0, 0.1) is 11.7 Å². The predicted octanol–water partition coefficient (Wildman–Crippen LogP) is 2.13. The van der Waals surface area contributed by atoms with Crippen molar-refractivity contribution in [3.05, 3.63) is 35.6 Å². The first kappa shape index (κ1) is 24.2. The van der Waals surface area contributed by atoms with Crippen molar-refractivity contribution in [1.82, 2.24) is 20.0 Å². The van der Waals surface area contributed by atoms with Crippen molar-refractivity contribution in [3.8, 4) is 0 Å². The lowest BCUT2D eigenvalue weighted by Gasteiger charge is -2.37. The third-order valence-electron chi connectivity index (χ3n) is 6.34. The summed E-state index contributed by atoms with van der Waals surface area (Å²) in [5.74, 6) is -1.33. The molecule has 0 saturated carbocycles. The second kappa shape index (κ2) is 11.4. The maximum Gasteiger partial charge on any atom is 0.254 e. The Hall–Kier alpha value is -2.48. The highest BCUT2D eigenvalue weighted by Crippen LogP contribution is 2.14. The zero-order valence-corrected chi connectivity index (χ0v) is 19.2. The molecule has 3 amide bonds. The van der Waals surface area contributed by atoms with E-state index in [2.05, 4.69) is 10.2 Å². The largest absolute Gasteiger partial charge is 0.342 e. The second-order valence-electron chi connectivity index (χ2n) is 9.07. The summed E-state index contributed by atoms with van der Waals surface area (Å²) in [5, 5.41) is 2.72. The average molecular weight is 447 g/mol. The number of carbonyl (C=O) groups is 3. The van der Waals surface area contributed by atoms with Crippen LogP contribution in [0.3, 0.4) is 0 Å². The summed E-state index contributed by atoms with van der Waals surface area (Å²) in [7, 11) is 0. The van der Waals surface area contributed by atoms with Crippen LogP contribution >= 0.6 is 0 Å². The third-order valence-corrected chi connectivity index (χ3v) is 6.34. The van der Waals surface area contributed by atoms with Gasteiger partial charge in [0.1, 0.15) is 11.9 Å². The Morgan fingerprint density at radius 3 is 2.12 bits per heavy atom. The van der Waals surface area contributed by atoms with Crippen molar-refractivity contribution in [2.45, 2.75) is 45.6 Å². The molecule has 7 nitrogen and oxygen atoms in total. The van der Waals surface area contributed by atoms with Crippen LogP contribution in [0.4, 0.5) is 4.39 Å². The van der Waals surface area contributed by atoms with Gasteiger partial charge in [0.05, 0.1) is 12.1 Å². The average Bonchev–Trinajstić information content (AvgIpc) is 3.07. The lowest BCUT2D eigenvalue weighted by atomic mass is 10.0. The van der Waals surface area contributed by atoms with Crippen molar-refractivity contribution in [1.29, 1.82) is 0 Å². The van der Waals surface area contributed by atoms with E-state index in [0.29, 0.717) is 32.7 Å². The van der Waals surface area contributed by atoms with E-state index < -0.39 is 17.8 Å². The van der Waals surface area contributed by atoms with Gasteiger partial charge in [-0.05, 0) is 30.9 Å². The zero-order chi connectivity index (χ0) is 23.1. The molecule has 0 aromatic heterocycles. The van der Waals surface area contributed by atoms with Crippen molar-refractivity contribution < 1.29 is 18.8 Å². The van der Waals surface area contributed by atoms with Gasteiger partial charge >= 0.3 is 0 Å². The molecule has 1 atom stereocenters. The van der Waals surface area contributed by atoms with Gasteiger partial charge in [0.25, 0.3) is 5.91 Å². The van der Waals surface area contributed by atoms with Crippen LogP contribution in [0.2, 0.25) is 0 Å². The first-order chi connectivity index (χ1) is 15.4. The van der Waals surface area contributed by atoms with Crippen LogP contribution < -0.4 is 5.32 Å². The monoisotopic (exact) mass is 446 g/mol. The Balaban J connectivity index is 1.52. The summed E-state index contributed by atoms with van der Waals surface area (Å²) in [6.45, 7) is 8.05. The van der Waals surface area contributed by atoms with Crippen LogP contribution in [0.1, 0.15) is 49.9 Å². The predicted molar refractivity (Wildman–Crippen MR) is 121 cm³/mol. The molecule has 2 saturated heterocycles. The van der Waals surface area contributed by atoms with Crippen LogP contribution in [0.5, 0.6) is 0 Å². The summed E-state index contributed by atoms with van der Waals surface area (Å²) in [5.41, 5.74) is -0.0669. The second-order valence-corrected chi connectivity index (χ2v) is 9.07. The Morgan fingerprint density at radius 2 is 1.53 bits per heavy atom. The van der Waals surface area contributed by atoms with E-state index in [0.717, 1.165) is 25.9 Å². The normalized spacial score (nSPS) is 18.9. The van der Waals surface area contributed by atoms with Crippen molar-refractivity contribution in [2.24, 2.45) is 5.92 Å². The Labute approximate surface area is 189 Å². The minimum absolute atomic E-state index is 0.0669. The number of carbonyl (C=O) groups excluding carboxylic acids is 3. The molecular formula is C24H35FN4O3. The molecule has 1 unspecified atom stereocenters. The molecule has 1 aromatic carbocycles. The van der Waals surface area contributed by atoms with Crippen molar-refractivity contribution in [3.63, 3.8) is 0 Å². The first-order valence-corrected chi connectivity index (χ1v) is 11.7. The topological polar surface area (TPSA) is 73.0 Å². The lowest BCUT2D eigenvalue weighted by Crippen LogP contribution is -2.57. The third kappa shape index (κ3) is 6.28. The molecule has 1 N–H and O–H groups in total. The summed E-state index contributed by atoms with van der Waals surface area (Å²) in [6.07, 6.45) is 4.52. The fourth-order valence-electron chi connectivity index (χ4n) is 4.31. The molecule has 3 rings (SSSR count). The van der Waals surface area contributed by atoms with Crippen LogP contribution in [0.25, 0.3) is 0 Å². The highest BCUT2D eigenvalue weighted by molar-refractivity contribution is 5.97. The number of amides is 3. The molecule has 0 bridgehead atoms. The van der Waals surface area contributed by atoms with Gasteiger partial charge in [-0.15, -0.1) is 0 Å². The lowest BCUT2D eigenvalue weighted by molar-refractivity contribution is -0.137. The van der Waals surface area contributed by atoms with Crippen LogP contribution in [0.15, 0.2) is 24.3 Å². The van der Waals surface area contributed by atoms with Gasteiger partial charge < -0.3 is 15.1 Å². The fraction of sp³-hybridized carbons (Fsp3) is 0.625. The van der Waals surface area contributed by atoms with E-state index in [4.69, 9.17) is 0 Å². The van der Waals surface area contributed by atoms with Crippen molar-refractivity contribution in [2.75, 3.05) is 45.8 Å². The molecule has 176 valence electrons. The molecule has 8 heteroatoms. The minimum Gasteiger partial charge on any atom is -0.342 e. The molecule has 32 heavy (non-hydrogen) atoms. The number of rotatable bonds is 6. The van der Waals surface area contributed by atoms with E-state index >= 15 is 0 Å². The van der Waals surface area contributed by atoms with Crippen LogP contribution in [-0.2, 0) is 9.59 Å². The zero-order valence-electron chi connectivity index (χ0n) is 19.2. The van der Waals surface area contributed by atoms with Gasteiger partial charge in [-0.3, -0.25) is 19.3 Å². The Kier molecular flexibility index (Phi) is 8.61. The molecule has 2 fully saturated rings. The number of nitrogens with zero attached hydrogens (tertiary/aromatic N) is 3. The van der Waals surface area contributed by atoms with E-state index in [1.54, 1.807) is 11.0 Å². The van der Waals surface area contributed by atoms with Crippen LogP contribution in [-0.4, -0.2) is 84.3 Å². The van der Waals surface area contributed by atoms with Gasteiger partial charge in [-0.2, -0.15) is 0 Å². The van der Waals surface area contributed by atoms with Gasteiger partial charge in [0.2, 0.25) is 11.8 Å². The molecular weight excluding hydrogens is 411 g/mol. The SMILES string of the molecule is CC(C)C(NC(=O)c1ccccc1F)C(=O)N1CCN(CC(=O)N2CCCCCC2)CC1. The molecule has 0 spiro atoms. The number of benzene rings is 1. The van der Waals surface area contributed by atoms with E-state index in [1.165, 1.54) is 31.0 Å². The van der Waals surface area contributed by atoms with Gasteiger partial charge in [0, 0.05) is 39.3 Å². The quantitative estimate of drug-likeness (QED) is 0.727. The van der Waals surface area contributed by atoms with E-state index in [1.807, 2.05) is 18.7 Å². The molecule has 1 aromatic rings. The Bertz CT molecular complexity index is 800. The van der Waals surface area contributed by atoms with E-state index in [-0.39, 0.29) is 23.3 Å². The maximum atomic E-state index is 14.0. The number of nitrogens with one attached hydrogen (secondary N) is 1. The summed E-state index contributed by atoms with van der Waals surface area (Å²) < 4.78 is 14.0. The van der Waals surface area contributed by atoms with Gasteiger partial charge in [0.15, 0.2) is 0 Å². The highest BCUT2D eigenvalue weighted by Gasteiger charge is 2.32. The standard InChI is InChI=1S/C24H35FN4O3/c1-18(2)22(26-23(31)19-9-5-6-10-20(19)25)24(32)29-15-13-27(14-16-29)17-21(30)28-11-7-3-4-8-12-28/h5-6,9-10,18,22H,3-4,7-8,11-17H2,1-2H3,(H,26,31). The van der Waals surface area contributed by atoms with Gasteiger partial charge in [-0.25, -0.2) is 4.39 Å². The molecule has 2 aliphatic heterocycles. The molecule has 0 radical (unpaired) electrons. The number of hydrogen-bond donors (Lipinski definition) is 1. The molecule has 2 heterocycles. The molecule has 2 aliphatic rings. The van der Waals surface area contributed by atoms with Crippen molar-refractivity contribution >= 4 is 17.7 Å². The number of piperazine rings is 1. The Morgan fingerprint density at radius 1 is 0.906 bits per heavy atom.